The van der Waals surface area contributed by atoms with Crippen LogP contribution in [0.5, 0.6) is 0 Å². The number of carbonyl (C=O) groups excluding carboxylic acids is 3. The first-order valence-corrected chi connectivity index (χ1v) is 11.7. The van der Waals surface area contributed by atoms with Gasteiger partial charge in [-0.15, -0.1) is 0 Å². The predicted molar refractivity (Wildman–Crippen MR) is 133 cm³/mol. The third kappa shape index (κ3) is 6.62. The molecule has 2 heterocycles. The predicted octanol–water partition coefficient (Wildman–Crippen LogP) is 5.30. The van der Waals surface area contributed by atoms with E-state index in [1.807, 2.05) is 58.4 Å². The number of amides is 3. The SMILES string of the molecule is CC(C)(C)OC(=O)N1CCC(n2cccc2C(=O)Nc2cccc(NC(=O)C(C)(C)C)c2)CC1. The minimum absolute atomic E-state index is 0.0948. The average Bonchev–Trinajstić information content (AvgIpc) is 3.22. The van der Waals surface area contributed by atoms with Crippen molar-refractivity contribution in [1.82, 2.24) is 9.47 Å². The quantitative estimate of drug-likeness (QED) is 0.637. The van der Waals surface area contributed by atoms with Crippen molar-refractivity contribution in [3.63, 3.8) is 0 Å². The molecule has 1 aromatic heterocycles. The van der Waals surface area contributed by atoms with Gasteiger partial charge >= 0.3 is 6.09 Å². The Morgan fingerprint density at radius 1 is 0.912 bits per heavy atom. The van der Waals surface area contributed by atoms with Gasteiger partial charge in [-0.2, -0.15) is 0 Å². The molecule has 0 radical (unpaired) electrons. The van der Waals surface area contributed by atoms with Gasteiger partial charge in [-0.1, -0.05) is 26.8 Å². The summed E-state index contributed by atoms with van der Waals surface area (Å²) >= 11 is 0. The highest BCUT2D eigenvalue weighted by molar-refractivity contribution is 6.04. The fraction of sp³-hybridized carbons (Fsp3) is 0.500. The molecule has 34 heavy (non-hydrogen) atoms. The minimum Gasteiger partial charge on any atom is -0.444 e. The van der Waals surface area contributed by atoms with Gasteiger partial charge in [-0.3, -0.25) is 9.59 Å². The number of carbonyl (C=O) groups is 3. The second kappa shape index (κ2) is 9.91. The molecule has 0 atom stereocenters. The van der Waals surface area contributed by atoms with Crippen LogP contribution in [0.4, 0.5) is 16.2 Å². The van der Waals surface area contributed by atoms with E-state index in [-0.39, 0.29) is 23.9 Å². The molecule has 1 saturated heterocycles. The van der Waals surface area contributed by atoms with Crippen molar-refractivity contribution in [2.75, 3.05) is 23.7 Å². The van der Waals surface area contributed by atoms with Crippen molar-refractivity contribution < 1.29 is 19.1 Å². The molecule has 1 aliphatic heterocycles. The lowest BCUT2D eigenvalue weighted by atomic mass is 9.95. The number of benzene rings is 1. The van der Waals surface area contributed by atoms with Crippen molar-refractivity contribution in [1.29, 1.82) is 0 Å². The molecule has 3 rings (SSSR count). The fourth-order valence-electron chi connectivity index (χ4n) is 3.75. The van der Waals surface area contributed by atoms with Crippen molar-refractivity contribution in [3.05, 3.63) is 48.3 Å². The fourth-order valence-corrected chi connectivity index (χ4v) is 3.75. The van der Waals surface area contributed by atoms with E-state index in [9.17, 15) is 14.4 Å². The Kier molecular flexibility index (Phi) is 7.38. The number of ether oxygens (including phenoxy) is 1. The summed E-state index contributed by atoms with van der Waals surface area (Å²) in [6, 6.07) is 10.9. The van der Waals surface area contributed by atoms with Gasteiger partial charge in [0, 0.05) is 42.1 Å². The van der Waals surface area contributed by atoms with Gasteiger partial charge in [-0.05, 0) is 63.9 Å². The summed E-state index contributed by atoms with van der Waals surface area (Å²) in [4.78, 5) is 39.4. The molecule has 2 N–H and O–H groups in total. The average molecular weight is 469 g/mol. The molecule has 1 aliphatic rings. The largest absolute Gasteiger partial charge is 0.444 e. The maximum absolute atomic E-state index is 13.1. The zero-order valence-electron chi connectivity index (χ0n) is 21.0. The number of nitrogens with one attached hydrogen (secondary N) is 2. The monoisotopic (exact) mass is 468 g/mol. The Bertz CT molecular complexity index is 1040. The topological polar surface area (TPSA) is 92.7 Å². The van der Waals surface area contributed by atoms with Crippen LogP contribution in [0.2, 0.25) is 0 Å². The first-order valence-electron chi connectivity index (χ1n) is 11.7. The molecule has 3 amide bonds. The summed E-state index contributed by atoms with van der Waals surface area (Å²) in [7, 11) is 0. The molecular formula is C26H36N4O4. The smallest absolute Gasteiger partial charge is 0.410 e. The van der Waals surface area contributed by atoms with Gasteiger partial charge in [0.2, 0.25) is 5.91 Å². The van der Waals surface area contributed by atoms with Crippen molar-refractivity contribution in [2.45, 2.75) is 66.0 Å². The Labute approximate surface area is 201 Å². The first kappa shape index (κ1) is 25.3. The molecule has 1 fully saturated rings. The number of hydrogen-bond donors (Lipinski definition) is 2. The van der Waals surface area contributed by atoms with Crippen LogP contribution >= 0.6 is 0 Å². The number of piperidine rings is 1. The zero-order valence-corrected chi connectivity index (χ0v) is 21.0. The first-order chi connectivity index (χ1) is 15.8. The second-order valence-corrected chi connectivity index (χ2v) is 10.7. The normalized spacial score (nSPS) is 15.1. The molecule has 2 aromatic rings. The molecule has 1 aromatic carbocycles. The number of nitrogens with zero attached hydrogens (tertiary/aromatic N) is 2. The van der Waals surface area contributed by atoms with E-state index in [1.54, 1.807) is 35.2 Å². The Morgan fingerprint density at radius 2 is 1.53 bits per heavy atom. The molecule has 8 nitrogen and oxygen atoms in total. The molecule has 0 aliphatic carbocycles. The van der Waals surface area contributed by atoms with Crippen LogP contribution in [-0.4, -0.2) is 46.1 Å². The molecule has 0 bridgehead atoms. The van der Waals surface area contributed by atoms with Crippen LogP contribution in [0, 0.1) is 5.41 Å². The summed E-state index contributed by atoms with van der Waals surface area (Å²) in [5.41, 5.74) is 0.748. The van der Waals surface area contributed by atoms with Gasteiger partial charge in [-0.25, -0.2) is 4.79 Å². The Morgan fingerprint density at radius 3 is 2.12 bits per heavy atom. The van der Waals surface area contributed by atoms with E-state index in [4.69, 9.17) is 4.74 Å². The molecular weight excluding hydrogens is 432 g/mol. The van der Waals surface area contributed by atoms with E-state index in [0.717, 1.165) is 12.8 Å². The van der Waals surface area contributed by atoms with Crippen LogP contribution in [0.15, 0.2) is 42.6 Å². The third-order valence-electron chi connectivity index (χ3n) is 5.58. The lowest BCUT2D eigenvalue weighted by molar-refractivity contribution is -0.123. The van der Waals surface area contributed by atoms with Gasteiger partial charge in [0.25, 0.3) is 5.91 Å². The minimum atomic E-state index is -0.521. The van der Waals surface area contributed by atoms with E-state index in [1.165, 1.54) is 0 Å². The summed E-state index contributed by atoms with van der Waals surface area (Å²) in [6.45, 7) is 12.3. The zero-order chi connectivity index (χ0) is 25.1. The summed E-state index contributed by atoms with van der Waals surface area (Å²) in [5.74, 6) is -0.318. The van der Waals surface area contributed by atoms with Crippen molar-refractivity contribution in [3.8, 4) is 0 Å². The summed E-state index contributed by atoms with van der Waals surface area (Å²) in [6.07, 6.45) is 3.09. The number of likely N-dealkylation sites (tertiary alicyclic amines) is 1. The van der Waals surface area contributed by atoms with Crippen LogP contribution in [0.25, 0.3) is 0 Å². The molecule has 0 unspecified atom stereocenters. The lowest BCUT2D eigenvalue weighted by Crippen LogP contribution is -2.42. The van der Waals surface area contributed by atoms with Crippen LogP contribution in [0.3, 0.4) is 0 Å². The highest BCUT2D eigenvalue weighted by atomic mass is 16.6. The highest BCUT2D eigenvalue weighted by Crippen LogP contribution is 2.27. The van der Waals surface area contributed by atoms with Gasteiger partial charge in [0.05, 0.1) is 0 Å². The van der Waals surface area contributed by atoms with Crippen LogP contribution in [0.1, 0.15) is 70.9 Å². The van der Waals surface area contributed by atoms with E-state index in [2.05, 4.69) is 10.6 Å². The number of aromatic nitrogens is 1. The molecule has 184 valence electrons. The number of anilines is 2. The number of hydrogen-bond acceptors (Lipinski definition) is 4. The third-order valence-corrected chi connectivity index (χ3v) is 5.58. The lowest BCUT2D eigenvalue weighted by Gasteiger charge is -2.34. The Balaban J connectivity index is 1.63. The summed E-state index contributed by atoms with van der Waals surface area (Å²) in [5, 5.41) is 5.82. The number of rotatable bonds is 4. The van der Waals surface area contributed by atoms with Crippen molar-refractivity contribution >= 4 is 29.3 Å². The van der Waals surface area contributed by atoms with Gasteiger partial charge < -0.3 is 24.8 Å². The van der Waals surface area contributed by atoms with Crippen LogP contribution < -0.4 is 10.6 Å². The highest BCUT2D eigenvalue weighted by Gasteiger charge is 2.29. The Hall–Kier alpha value is -3.29. The van der Waals surface area contributed by atoms with Crippen LogP contribution in [-0.2, 0) is 9.53 Å². The molecule has 0 spiro atoms. The van der Waals surface area contributed by atoms with E-state index in [0.29, 0.717) is 30.2 Å². The van der Waals surface area contributed by atoms with Gasteiger partial charge in [0.1, 0.15) is 11.3 Å². The molecule has 8 heteroatoms. The molecule has 0 saturated carbocycles. The maximum atomic E-state index is 13.1. The van der Waals surface area contributed by atoms with E-state index >= 15 is 0 Å². The summed E-state index contributed by atoms with van der Waals surface area (Å²) < 4.78 is 7.45. The second-order valence-electron chi connectivity index (χ2n) is 10.7. The standard InChI is InChI=1S/C26H36N4O4/c1-25(2,3)23(32)28-19-10-7-9-18(17-19)27-22(31)21-11-8-14-30(21)20-12-15-29(16-13-20)24(33)34-26(4,5)6/h7-11,14,17,20H,12-13,15-16H2,1-6H3,(H,27,31)(H,28,32). The van der Waals surface area contributed by atoms with Crippen molar-refractivity contribution in [2.24, 2.45) is 5.41 Å². The van der Waals surface area contributed by atoms with E-state index < -0.39 is 11.0 Å². The maximum Gasteiger partial charge on any atom is 0.410 e. The van der Waals surface area contributed by atoms with Gasteiger partial charge in [0.15, 0.2) is 0 Å².